The minimum atomic E-state index is -0.184. The second-order valence-electron chi connectivity index (χ2n) is 7.63. The summed E-state index contributed by atoms with van der Waals surface area (Å²) in [5.74, 6) is 0.169. The number of nitrogens with one attached hydrogen (secondary N) is 2. The number of hydrogen-bond acceptors (Lipinski definition) is 4. The smallest absolute Gasteiger partial charge is 0.251 e. The fourth-order valence-electron chi connectivity index (χ4n) is 3.68. The Labute approximate surface area is 161 Å². The van der Waals surface area contributed by atoms with Crippen LogP contribution in [0.5, 0.6) is 0 Å². The van der Waals surface area contributed by atoms with E-state index in [-0.39, 0.29) is 24.5 Å². The van der Waals surface area contributed by atoms with Gasteiger partial charge in [0.1, 0.15) is 6.61 Å². The maximum Gasteiger partial charge on any atom is 0.251 e. The molecule has 1 atom stereocenters. The first-order valence-corrected chi connectivity index (χ1v) is 9.98. The summed E-state index contributed by atoms with van der Waals surface area (Å²) in [7, 11) is 0. The van der Waals surface area contributed by atoms with Gasteiger partial charge in [0.25, 0.3) is 5.91 Å². The van der Waals surface area contributed by atoms with Gasteiger partial charge in [0.05, 0.1) is 13.2 Å². The molecule has 0 aromatic heterocycles. The van der Waals surface area contributed by atoms with Crippen LogP contribution in [0.1, 0.15) is 54.4 Å². The van der Waals surface area contributed by atoms with Crippen molar-refractivity contribution < 1.29 is 19.1 Å². The van der Waals surface area contributed by atoms with Crippen LogP contribution in [0.4, 0.5) is 5.69 Å². The first kappa shape index (κ1) is 19.8. The summed E-state index contributed by atoms with van der Waals surface area (Å²) in [6.07, 6.45) is 6.75. The molecule has 0 spiro atoms. The van der Waals surface area contributed by atoms with E-state index in [1.807, 2.05) is 13.0 Å². The molecule has 1 unspecified atom stereocenters. The van der Waals surface area contributed by atoms with Crippen molar-refractivity contribution in [2.75, 3.05) is 31.7 Å². The molecule has 0 bridgehead atoms. The van der Waals surface area contributed by atoms with Crippen LogP contribution in [0, 0.1) is 12.8 Å². The zero-order valence-corrected chi connectivity index (χ0v) is 16.1. The van der Waals surface area contributed by atoms with E-state index in [2.05, 4.69) is 10.6 Å². The number of hydrogen-bond donors (Lipinski definition) is 2. The standard InChI is InChI=1S/C21H30N2O4/c1-15-11-17(21(25)22-18-5-3-2-4-6-18)7-8-19(15)23-20(24)14-27-13-16-9-10-26-12-16/h7-8,11,16,18H,2-6,9-10,12-14H2,1H3,(H,22,25)(H,23,24). The Morgan fingerprint density at radius 2 is 2.00 bits per heavy atom. The topological polar surface area (TPSA) is 76.7 Å². The van der Waals surface area contributed by atoms with Gasteiger partial charge in [0.2, 0.25) is 5.91 Å². The van der Waals surface area contributed by atoms with E-state index < -0.39 is 0 Å². The molecule has 2 amide bonds. The fourth-order valence-corrected chi connectivity index (χ4v) is 3.68. The quantitative estimate of drug-likeness (QED) is 0.769. The zero-order chi connectivity index (χ0) is 19.1. The van der Waals surface area contributed by atoms with Crippen molar-refractivity contribution in [1.82, 2.24) is 5.32 Å². The van der Waals surface area contributed by atoms with Crippen LogP contribution in [0.15, 0.2) is 18.2 Å². The number of carbonyl (C=O) groups is 2. The van der Waals surface area contributed by atoms with Gasteiger partial charge in [-0.25, -0.2) is 0 Å². The van der Waals surface area contributed by atoms with Crippen molar-refractivity contribution in [2.45, 2.75) is 51.5 Å². The molecule has 1 heterocycles. The van der Waals surface area contributed by atoms with E-state index in [4.69, 9.17) is 9.47 Å². The molecular formula is C21H30N2O4. The van der Waals surface area contributed by atoms with Crippen molar-refractivity contribution in [2.24, 2.45) is 5.92 Å². The molecule has 1 aliphatic carbocycles. The van der Waals surface area contributed by atoms with E-state index in [1.54, 1.807) is 12.1 Å². The summed E-state index contributed by atoms with van der Waals surface area (Å²) in [6.45, 7) is 3.96. The summed E-state index contributed by atoms with van der Waals surface area (Å²) in [5, 5.41) is 5.98. The molecule has 2 N–H and O–H groups in total. The summed E-state index contributed by atoms with van der Waals surface area (Å²) < 4.78 is 10.8. The van der Waals surface area contributed by atoms with E-state index in [9.17, 15) is 9.59 Å². The summed E-state index contributed by atoms with van der Waals surface area (Å²) in [4.78, 5) is 24.5. The van der Waals surface area contributed by atoms with Crippen LogP contribution in [0.2, 0.25) is 0 Å². The molecule has 2 aliphatic rings. The number of carbonyl (C=O) groups excluding carboxylic acids is 2. The van der Waals surface area contributed by atoms with Crippen molar-refractivity contribution in [3.05, 3.63) is 29.3 Å². The number of benzene rings is 1. The first-order valence-electron chi connectivity index (χ1n) is 9.98. The predicted molar refractivity (Wildman–Crippen MR) is 104 cm³/mol. The maximum absolute atomic E-state index is 12.4. The van der Waals surface area contributed by atoms with Crippen LogP contribution in [0.25, 0.3) is 0 Å². The normalized spacial score (nSPS) is 20.4. The molecule has 1 saturated heterocycles. The van der Waals surface area contributed by atoms with E-state index in [0.717, 1.165) is 31.4 Å². The maximum atomic E-state index is 12.4. The highest BCUT2D eigenvalue weighted by atomic mass is 16.5. The van der Waals surface area contributed by atoms with Crippen LogP contribution >= 0.6 is 0 Å². The van der Waals surface area contributed by atoms with Gasteiger partial charge in [-0.2, -0.15) is 0 Å². The number of anilines is 1. The minimum Gasteiger partial charge on any atom is -0.381 e. The molecule has 6 heteroatoms. The van der Waals surface area contributed by atoms with Gasteiger partial charge < -0.3 is 20.1 Å². The van der Waals surface area contributed by atoms with Crippen LogP contribution in [-0.4, -0.2) is 44.3 Å². The summed E-state index contributed by atoms with van der Waals surface area (Å²) in [6, 6.07) is 5.66. The lowest BCUT2D eigenvalue weighted by Gasteiger charge is -2.23. The Bertz CT molecular complexity index is 650. The molecule has 1 aliphatic heterocycles. The van der Waals surface area contributed by atoms with Gasteiger partial charge in [-0.3, -0.25) is 9.59 Å². The van der Waals surface area contributed by atoms with Crippen LogP contribution < -0.4 is 10.6 Å². The lowest BCUT2D eigenvalue weighted by molar-refractivity contribution is -0.121. The van der Waals surface area contributed by atoms with Crippen LogP contribution in [-0.2, 0) is 14.3 Å². The lowest BCUT2D eigenvalue weighted by Crippen LogP contribution is -2.36. The molecule has 1 saturated carbocycles. The molecule has 2 fully saturated rings. The molecule has 6 nitrogen and oxygen atoms in total. The third-order valence-electron chi connectivity index (χ3n) is 5.31. The average Bonchev–Trinajstić information content (AvgIpc) is 3.17. The third-order valence-corrected chi connectivity index (χ3v) is 5.31. The molecule has 3 rings (SSSR count). The van der Waals surface area contributed by atoms with Gasteiger partial charge in [-0.15, -0.1) is 0 Å². The minimum absolute atomic E-state index is 0.0276. The van der Waals surface area contributed by atoms with Gasteiger partial charge in [0.15, 0.2) is 0 Å². The molecule has 148 valence electrons. The predicted octanol–water partition coefficient (Wildman–Crippen LogP) is 3.05. The molecular weight excluding hydrogens is 344 g/mol. The Balaban J connectivity index is 1.46. The second-order valence-corrected chi connectivity index (χ2v) is 7.63. The third kappa shape index (κ3) is 6.04. The number of rotatable bonds is 7. The van der Waals surface area contributed by atoms with E-state index in [1.165, 1.54) is 19.3 Å². The monoisotopic (exact) mass is 374 g/mol. The highest BCUT2D eigenvalue weighted by molar-refractivity contribution is 5.97. The van der Waals surface area contributed by atoms with Gasteiger partial charge in [-0.1, -0.05) is 19.3 Å². The van der Waals surface area contributed by atoms with Crippen LogP contribution in [0.3, 0.4) is 0 Å². The van der Waals surface area contributed by atoms with Gasteiger partial charge in [0, 0.05) is 29.8 Å². The molecule has 0 radical (unpaired) electrons. The Hall–Kier alpha value is -1.92. The Morgan fingerprint density at radius 1 is 1.19 bits per heavy atom. The van der Waals surface area contributed by atoms with Gasteiger partial charge >= 0.3 is 0 Å². The Kier molecular flexibility index (Phi) is 7.24. The highest BCUT2D eigenvalue weighted by Gasteiger charge is 2.18. The molecule has 27 heavy (non-hydrogen) atoms. The number of amides is 2. The van der Waals surface area contributed by atoms with Crippen molar-refractivity contribution in [3.63, 3.8) is 0 Å². The lowest BCUT2D eigenvalue weighted by atomic mass is 9.95. The first-order chi connectivity index (χ1) is 13.1. The summed E-state index contributed by atoms with van der Waals surface area (Å²) in [5.41, 5.74) is 2.21. The number of ether oxygens (including phenoxy) is 2. The molecule has 1 aromatic carbocycles. The fraction of sp³-hybridized carbons (Fsp3) is 0.619. The number of aryl methyl sites for hydroxylation is 1. The van der Waals surface area contributed by atoms with E-state index in [0.29, 0.717) is 30.4 Å². The van der Waals surface area contributed by atoms with Crippen molar-refractivity contribution in [1.29, 1.82) is 0 Å². The van der Waals surface area contributed by atoms with Crippen molar-refractivity contribution >= 4 is 17.5 Å². The molecule has 1 aromatic rings. The summed E-state index contributed by atoms with van der Waals surface area (Å²) >= 11 is 0. The van der Waals surface area contributed by atoms with E-state index >= 15 is 0 Å². The largest absolute Gasteiger partial charge is 0.381 e. The SMILES string of the molecule is Cc1cc(C(=O)NC2CCCCC2)ccc1NC(=O)COCC1CCOC1. The second kappa shape index (κ2) is 9.85. The Morgan fingerprint density at radius 3 is 2.70 bits per heavy atom. The highest BCUT2D eigenvalue weighted by Crippen LogP contribution is 2.20. The average molecular weight is 374 g/mol. The van der Waals surface area contributed by atoms with Gasteiger partial charge in [-0.05, 0) is 49.9 Å². The zero-order valence-electron chi connectivity index (χ0n) is 16.1. The van der Waals surface area contributed by atoms with Crippen molar-refractivity contribution in [3.8, 4) is 0 Å².